The van der Waals surface area contributed by atoms with Crippen molar-refractivity contribution < 1.29 is 17.6 Å². The van der Waals surface area contributed by atoms with E-state index in [2.05, 4.69) is 31.2 Å². The number of hydrogen-bond donors (Lipinski definition) is 1. The fraction of sp³-hybridized carbons (Fsp3) is 0.600. The molecule has 0 bridgehead atoms. The molecule has 3 heterocycles. The van der Waals surface area contributed by atoms with E-state index in [1.807, 2.05) is 24.7 Å². The third-order valence-electron chi connectivity index (χ3n) is 5.22. The third-order valence-corrected chi connectivity index (χ3v) is 7.22. The molecular weight excluding hydrogens is 392 g/mol. The van der Waals surface area contributed by atoms with Crippen LogP contribution in [0.4, 0.5) is 0 Å². The summed E-state index contributed by atoms with van der Waals surface area (Å²) in [4.78, 5) is 12.8. The molecule has 0 spiro atoms. The smallest absolute Gasteiger partial charge is 0.287 e. The van der Waals surface area contributed by atoms with Gasteiger partial charge in [0.15, 0.2) is 5.76 Å². The fourth-order valence-corrected chi connectivity index (χ4v) is 5.17. The molecule has 1 aliphatic rings. The number of nitrogens with one attached hydrogen (secondary N) is 1. The van der Waals surface area contributed by atoms with Gasteiger partial charge in [0.05, 0.1) is 17.3 Å². The van der Waals surface area contributed by atoms with Gasteiger partial charge in [0, 0.05) is 30.9 Å². The monoisotopic (exact) mass is 422 g/mol. The molecule has 2 aromatic rings. The van der Waals surface area contributed by atoms with Crippen LogP contribution in [0.25, 0.3) is 0 Å². The average molecular weight is 423 g/mol. The lowest BCUT2D eigenvalue weighted by Gasteiger charge is -2.19. The van der Waals surface area contributed by atoms with Gasteiger partial charge in [0.25, 0.3) is 5.91 Å². The standard InChI is InChI=1S/C20H30N4O4S/c1-13(16-12-24(20(4,5)6)22-14(16)2)21-19(25)17-11-18(15(3)28-17)29(26,27)23-9-7-8-10-23/h11-13H,7-10H2,1-6H3,(H,21,25)/t13-/m0/s1. The van der Waals surface area contributed by atoms with Crippen LogP contribution < -0.4 is 5.32 Å². The van der Waals surface area contributed by atoms with E-state index >= 15 is 0 Å². The van der Waals surface area contributed by atoms with Gasteiger partial charge in [-0.1, -0.05) is 0 Å². The van der Waals surface area contributed by atoms with Gasteiger partial charge in [0.2, 0.25) is 10.0 Å². The Labute approximate surface area is 172 Å². The van der Waals surface area contributed by atoms with Gasteiger partial charge < -0.3 is 9.73 Å². The van der Waals surface area contributed by atoms with Crippen molar-refractivity contribution in [2.75, 3.05) is 13.1 Å². The summed E-state index contributed by atoms with van der Waals surface area (Å²) in [6, 6.07) is 1.03. The van der Waals surface area contributed by atoms with Crippen molar-refractivity contribution in [3.63, 3.8) is 0 Å². The number of rotatable bonds is 5. The maximum atomic E-state index is 12.8. The van der Waals surface area contributed by atoms with Crippen molar-refractivity contribution in [3.8, 4) is 0 Å². The number of sulfonamides is 1. The maximum absolute atomic E-state index is 12.8. The second-order valence-corrected chi connectivity index (χ2v) is 10.5. The molecule has 0 aromatic carbocycles. The van der Waals surface area contributed by atoms with E-state index in [-0.39, 0.29) is 28.0 Å². The molecule has 1 atom stereocenters. The van der Waals surface area contributed by atoms with Gasteiger partial charge >= 0.3 is 0 Å². The van der Waals surface area contributed by atoms with Gasteiger partial charge in [-0.05, 0) is 54.4 Å². The van der Waals surface area contributed by atoms with Crippen LogP contribution >= 0.6 is 0 Å². The Bertz CT molecular complexity index is 1010. The highest BCUT2D eigenvalue weighted by Crippen LogP contribution is 2.27. The number of aryl methyl sites for hydroxylation is 2. The molecule has 0 radical (unpaired) electrons. The second kappa shape index (κ2) is 7.60. The quantitative estimate of drug-likeness (QED) is 0.798. The highest BCUT2D eigenvalue weighted by atomic mass is 32.2. The highest BCUT2D eigenvalue weighted by molar-refractivity contribution is 7.89. The summed E-state index contributed by atoms with van der Waals surface area (Å²) in [7, 11) is -3.64. The summed E-state index contributed by atoms with van der Waals surface area (Å²) in [6.07, 6.45) is 3.63. The molecular formula is C20H30N4O4S. The van der Waals surface area contributed by atoms with Crippen LogP contribution in [0.3, 0.4) is 0 Å². The lowest BCUT2D eigenvalue weighted by Crippen LogP contribution is -2.28. The Morgan fingerprint density at radius 3 is 2.41 bits per heavy atom. The predicted molar refractivity (Wildman–Crippen MR) is 109 cm³/mol. The van der Waals surface area contributed by atoms with Crippen molar-refractivity contribution in [1.29, 1.82) is 0 Å². The van der Waals surface area contributed by atoms with Crippen LogP contribution in [0.5, 0.6) is 0 Å². The zero-order valence-corrected chi connectivity index (χ0v) is 18.8. The first-order valence-electron chi connectivity index (χ1n) is 9.89. The maximum Gasteiger partial charge on any atom is 0.287 e. The molecule has 0 unspecified atom stereocenters. The third kappa shape index (κ3) is 4.25. The molecule has 160 valence electrons. The first-order chi connectivity index (χ1) is 13.4. The van der Waals surface area contributed by atoms with Crippen molar-refractivity contribution >= 4 is 15.9 Å². The molecule has 1 aliphatic heterocycles. The number of aromatic nitrogens is 2. The summed E-state index contributed by atoms with van der Waals surface area (Å²) in [6.45, 7) is 12.5. The Balaban J connectivity index is 1.79. The van der Waals surface area contributed by atoms with Gasteiger partial charge in [-0.25, -0.2) is 8.42 Å². The van der Waals surface area contributed by atoms with Crippen LogP contribution in [-0.2, 0) is 15.6 Å². The van der Waals surface area contributed by atoms with E-state index in [0.29, 0.717) is 13.1 Å². The molecule has 1 fully saturated rings. The SMILES string of the molecule is Cc1nn(C(C)(C)C)cc1[C@H](C)NC(=O)c1cc(S(=O)(=O)N2CCCC2)c(C)o1. The zero-order chi connectivity index (χ0) is 21.6. The summed E-state index contributed by atoms with van der Waals surface area (Å²) in [5, 5.41) is 7.42. The van der Waals surface area contributed by atoms with E-state index in [1.54, 1.807) is 6.92 Å². The normalized spacial score (nSPS) is 16.9. The van der Waals surface area contributed by atoms with Crippen molar-refractivity contribution in [2.24, 2.45) is 0 Å². The fourth-order valence-electron chi connectivity index (χ4n) is 3.49. The molecule has 8 nitrogen and oxygen atoms in total. The van der Waals surface area contributed by atoms with Crippen LogP contribution in [0, 0.1) is 13.8 Å². The van der Waals surface area contributed by atoms with Gasteiger partial charge in [0.1, 0.15) is 10.7 Å². The van der Waals surface area contributed by atoms with E-state index in [1.165, 1.54) is 10.4 Å². The van der Waals surface area contributed by atoms with Gasteiger partial charge in [-0.2, -0.15) is 9.40 Å². The molecule has 0 aliphatic carbocycles. The van der Waals surface area contributed by atoms with Gasteiger partial charge in [-0.15, -0.1) is 0 Å². The lowest BCUT2D eigenvalue weighted by atomic mass is 10.1. The van der Waals surface area contributed by atoms with Gasteiger partial charge in [-0.3, -0.25) is 9.48 Å². The molecule has 9 heteroatoms. The largest absolute Gasteiger partial charge is 0.455 e. The number of carbonyl (C=O) groups excluding carboxylic acids is 1. The molecule has 3 rings (SSSR count). The average Bonchev–Trinajstić information content (AvgIpc) is 3.32. The Morgan fingerprint density at radius 2 is 1.86 bits per heavy atom. The Kier molecular flexibility index (Phi) is 5.66. The lowest BCUT2D eigenvalue weighted by molar-refractivity contribution is 0.0910. The van der Waals surface area contributed by atoms with Crippen LogP contribution in [0.1, 0.15) is 74.2 Å². The summed E-state index contributed by atoms with van der Waals surface area (Å²) in [5.41, 5.74) is 1.58. The van der Waals surface area contributed by atoms with E-state index in [4.69, 9.17) is 4.42 Å². The molecule has 29 heavy (non-hydrogen) atoms. The molecule has 1 saturated heterocycles. The van der Waals surface area contributed by atoms with E-state index in [0.717, 1.165) is 24.1 Å². The minimum atomic E-state index is -3.64. The minimum absolute atomic E-state index is 0.00649. The van der Waals surface area contributed by atoms with Crippen LogP contribution in [0.2, 0.25) is 0 Å². The first kappa shape index (κ1) is 21.6. The summed E-state index contributed by atoms with van der Waals surface area (Å²) >= 11 is 0. The molecule has 0 saturated carbocycles. The second-order valence-electron chi connectivity index (χ2n) is 8.62. The number of nitrogens with zero attached hydrogens (tertiary/aromatic N) is 3. The summed E-state index contributed by atoms with van der Waals surface area (Å²) in [5.74, 6) is -0.231. The minimum Gasteiger partial charge on any atom is -0.455 e. The van der Waals surface area contributed by atoms with E-state index in [9.17, 15) is 13.2 Å². The number of hydrogen-bond acceptors (Lipinski definition) is 5. The predicted octanol–water partition coefficient (Wildman–Crippen LogP) is 3.12. The molecule has 1 amide bonds. The van der Waals surface area contributed by atoms with Crippen molar-refractivity contribution in [2.45, 2.75) is 70.9 Å². The summed E-state index contributed by atoms with van der Waals surface area (Å²) < 4.78 is 34.4. The van der Waals surface area contributed by atoms with Crippen LogP contribution in [-0.4, -0.2) is 41.5 Å². The van der Waals surface area contributed by atoms with E-state index < -0.39 is 15.9 Å². The first-order valence-corrected chi connectivity index (χ1v) is 11.3. The van der Waals surface area contributed by atoms with Crippen molar-refractivity contribution in [3.05, 3.63) is 35.0 Å². The highest BCUT2D eigenvalue weighted by Gasteiger charge is 2.32. The molecule has 2 aromatic heterocycles. The Hall–Kier alpha value is -2.13. The number of amides is 1. The number of furan rings is 1. The zero-order valence-electron chi connectivity index (χ0n) is 17.9. The van der Waals surface area contributed by atoms with Crippen molar-refractivity contribution in [1.82, 2.24) is 19.4 Å². The Morgan fingerprint density at radius 1 is 1.24 bits per heavy atom. The number of carbonyl (C=O) groups is 1. The molecule has 1 N–H and O–H groups in total. The van der Waals surface area contributed by atoms with Crippen LogP contribution in [0.15, 0.2) is 21.6 Å². The topological polar surface area (TPSA) is 97.4 Å².